The van der Waals surface area contributed by atoms with Crippen molar-refractivity contribution in [1.29, 1.82) is 0 Å². The predicted octanol–water partition coefficient (Wildman–Crippen LogP) is 4.63. The van der Waals surface area contributed by atoms with Crippen molar-refractivity contribution in [2.24, 2.45) is 0 Å². The van der Waals surface area contributed by atoms with Crippen LogP contribution in [0.15, 0.2) is 42.5 Å². The summed E-state index contributed by atoms with van der Waals surface area (Å²) in [5.41, 5.74) is 1.33. The van der Waals surface area contributed by atoms with Crippen LogP contribution in [0.2, 0.25) is 0 Å². The quantitative estimate of drug-likeness (QED) is 0.645. The van der Waals surface area contributed by atoms with Crippen LogP contribution in [0.5, 0.6) is 0 Å². The van der Waals surface area contributed by atoms with Gasteiger partial charge in [0.2, 0.25) is 0 Å². The van der Waals surface area contributed by atoms with Gasteiger partial charge in [-0.1, -0.05) is 30.3 Å². The van der Waals surface area contributed by atoms with E-state index in [0.717, 1.165) is 29.0 Å². The molecule has 0 N–H and O–H groups in total. The third-order valence-electron chi connectivity index (χ3n) is 3.16. The van der Waals surface area contributed by atoms with Gasteiger partial charge in [0.25, 0.3) is 0 Å². The second kappa shape index (κ2) is 5.26. The summed E-state index contributed by atoms with van der Waals surface area (Å²) in [6.07, 6.45) is 0. The number of rotatable bonds is 2. The summed E-state index contributed by atoms with van der Waals surface area (Å²) < 4.78 is 32.2. The normalized spacial score (nSPS) is 10.8. The summed E-state index contributed by atoms with van der Waals surface area (Å²) in [6, 6.07) is 11.3. The molecule has 0 unspecified atom stereocenters. The number of hydrogen-bond acceptors (Lipinski definition) is 3. The Bertz CT molecular complexity index is 825. The molecule has 5 heteroatoms. The van der Waals surface area contributed by atoms with Crippen LogP contribution < -0.4 is 0 Å². The Hall–Kier alpha value is -2.27. The molecule has 0 aliphatic heterocycles. The fourth-order valence-electron chi connectivity index (χ4n) is 2.22. The van der Waals surface area contributed by atoms with Crippen molar-refractivity contribution in [3.05, 3.63) is 59.0 Å². The van der Waals surface area contributed by atoms with Crippen LogP contribution in [0.25, 0.3) is 21.2 Å². The first-order valence-corrected chi connectivity index (χ1v) is 6.98. The van der Waals surface area contributed by atoms with Crippen molar-refractivity contribution in [3.8, 4) is 11.1 Å². The van der Waals surface area contributed by atoms with E-state index in [2.05, 4.69) is 0 Å². The molecule has 2 nitrogen and oxygen atoms in total. The number of halogens is 2. The van der Waals surface area contributed by atoms with Gasteiger partial charge >= 0.3 is 5.97 Å². The maximum absolute atomic E-state index is 13.6. The van der Waals surface area contributed by atoms with Gasteiger partial charge in [-0.15, -0.1) is 11.3 Å². The van der Waals surface area contributed by atoms with E-state index in [1.165, 1.54) is 7.11 Å². The molecule has 0 radical (unpaired) electrons. The fraction of sp³-hybridized carbons (Fsp3) is 0.0625. The van der Waals surface area contributed by atoms with Crippen molar-refractivity contribution in [3.63, 3.8) is 0 Å². The molecule has 3 rings (SSSR count). The molecule has 21 heavy (non-hydrogen) atoms. The Morgan fingerprint density at radius 2 is 1.76 bits per heavy atom. The highest BCUT2D eigenvalue weighted by molar-refractivity contribution is 7.21. The Labute approximate surface area is 123 Å². The van der Waals surface area contributed by atoms with E-state index >= 15 is 0 Å². The highest BCUT2D eigenvalue weighted by Crippen LogP contribution is 2.40. The lowest BCUT2D eigenvalue weighted by Crippen LogP contribution is -1.99. The number of benzene rings is 2. The van der Waals surface area contributed by atoms with Crippen molar-refractivity contribution >= 4 is 27.4 Å². The van der Waals surface area contributed by atoms with Crippen LogP contribution >= 0.6 is 11.3 Å². The van der Waals surface area contributed by atoms with Crippen LogP contribution in [0, 0.1) is 11.6 Å². The number of fused-ring (bicyclic) bond motifs is 1. The second-order valence-electron chi connectivity index (χ2n) is 4.43. The van der Waals surface area contributed by atoms with E-state index < -0.39 is 17.6 Å². The summed E-state index contributed by atoms with van der Waals surface area (Å²) in [6.45, 7) is 0. The van der Waals surface area contributed by atoms with E-state index in [1.807, 2.05) is 30.3 Å². The van der Waals surface area contributed by atoms with E-state index in [4.69, 9.17) is 4.74 Å². The summed E-state index contributed by atoms with van der Waals surface area (Å²) in [4.78, 5) is 12.3. The molecule has 0 aliphatic carbocycles. The number of methoxy groups -OCH3 is 1. The number of ether oxygens (including phenoxy) is 1. The fourth-order valence-corrected chi connectivity index (χ4v) is 3.37. The van der Waals surface area contributed by atoms with Gasteiger partial charge in [-0.05, 0) is 17.7 Å². The maximum atomic E-state index is 13.6. The third-order valence-corrected chi connectivity index (χ3v) is 4.30. The molecule has 0 saturated heterocycles. The van der Waals surface area contributed by atoms with Crippen LogP contribution in [-0.4, -0.2) is 13.1 Å². The zero-order chi connectivity index (χ0) is 15.0. The molecule has 0 saturated carbocycles. The van der Waals surface area contributed by atoms with E-state index in [-0.39, 0.29) is 0 Å². The lowest BCUT2D eigenvalue weighted by molar-refractivity contribution is 0.0607. The molecule has 0 aliphatic rings. The van der Waals surface area contributed by atoms with Crippen LogP contribution in [0.4, 0.5) is 8.78 Å². The average Bonchev–Trinajstić information content (AvgIpc) is 2.86. The third kappa shape index (κ3) is 2.29. The van der Waals surface area contributed by atoms with Crippen LogP contribution in [0.1, 0.15) is 9.67 Å². The highest BCUT2D eigenvalue weighted by atomic mass is 32.1. The van der Waals surface area contributed by atoms with E-state index in [1.54, 1.807) is 0 Å². The maximum Gasteiger partial charge on any atom is 0.348 e. The van der Waals surface area contributed by atoms with Gasteiger partial charge < -0.3 is 4.74 Å². The van der Waals surface area contributed by atoms with Gasteiger partial charge in [-0.25, -0.2) is 13.6 Å². The first-order valence-electron chi connectivity index (χ1n) is 6.17. The molecule has 0 atom stereocenters. The smallest absolute Gasteiger partial charge is 0.348 e. The zero-order valence-electron chi connectivity index (χ0n) is 11.0. The minimum atomic E-state index is -0.936. The lowest BCUT2D eigenvalue weighted by Gasteiger charge is -2.04. The monoisotopic (exact) mass is 304 g/mol. The lowest BCUT2D eigenvalue weighted by atomic mass is 10.0. The van der Waals surface area contributed by atoms with Gasteiger partial charge in [0.15, 0.2) is 11.6 Å². The average molecular weight is 304 g/mol. The van der Waals surface area contributed by atoms with Gasteiger partial charge in [0, 0.05) is 15.6 Å². The summed E-state index contributed by atoms with van der Waals surface area (Å²) in [7, 11) is 1.28. The molecule has 0 fully saturated rings. The second-order valence-corrected chi connectivity index (χ2v) is 5.48. The molecule has 3 aromatic rings. The summed E-state index contributed by atoms with van der Waals surface area (Å²) >= 11 is 1.09. The standard InChI is InChI=1S/C16H10F2O2S/c1-20-16(19)15-14(9-5-3-2-4-6-9)10-7-11(17)12(18)8-13(10)21-15/h2-8H,1H3. The summed E-state index contributed by atoms with van der Waals surface area (Å²) in [5.74, 6) is -2.38. The number of hydrogen-bond donors (Lipinski definition) is 0. The van der Waals surface area contributed by atoms with Gasteiger partial charge in [-0.3, -0.25) is 0 Å². The molecular formula is C16H10F2O2S. The number of esters is 1. The Morgan fingerprint density at radius 1 is 1.10 bits per heavy atom. The number of carbonyl (C=O) groups excluding carboxylic acids is 1. The largest absolute Gasteiger partial charge is 0.465 e. The summed E-state index contributed by atoms with van der Waals surface area (Å²) in [5, 5.41) is 0.505. The van der Waals surface area contributed by atoms with Gasteiger partial charge in [-0.2, -0.15) is 0 Å². The molecule has 106 valence electrons. The molecule has 0 amide bonds. The Kier molecular flexibility index (Phi) is 3.43. The number of carbonyl (C=O) groups is 1. The predicted molar refractivity (Wildman–Crippen MR) is 78.5 cm³/mol. The molecule has 1 heterocycles. The van der Waals surface area contributed by atoms with E-state index in [9.17, 15) is 13.6 Å². The number of thiophene rings is 1. The molecule has 1 aromatic heterocycles. The highest BCUT2D eigenvalue weighted by Gasteiger charge is 2.21. The first kappa shape index (κ1) is 13.7. The van der Waals surface area contributed by atoms with Crippen LogP contribution in [0.3, 0.4) is 0 Å². The first-order chi connectivity index (χ1) is 10.1. The van der Waals surface area contributed by atoms with Gasteiger partial charge in [0.1, 0.15) is 4.88 Å². The molecule has 0 spiro atoms. The molecular weight excluding hydrogens is 294 g/mol. The Balaban J connectivity index is 2.38. The molecule has 2 aromatic carbocycles. The minimum absolute atomic E-state index is 0.337. The van der Waals surface area contributed by atoms with Crippen molar-refractivity contribution in [2.75, 3.05) is 7.11 Å². The van der Waals surface area contributed by atoms with Crippen molar-refractivity contribution in [1.82, 2.24) is 0 Å². The van der Waals surface area contributed by atoms with Crippen LogP contribution in [-0.2, 0) is 4.74 Å². The zero-order valence-corrected chi connectivity index (χ0v) is 11.8. The Morgan fingerprint density at radius 3 is 2.43 bits per heavy atom. The SMILES string of the molecule is COC(=O)c1sc2cc(F)c(F)cc2c1-c1ccccc1. The van der Waals surface area contributed by atoms with Crippen molar-refractivity contribution in [2.45, 2.75) is 0 Å². The molecule has 0 bridgehead atoms. The van der Waals surface area contributed by atoms with Crippen molar-refractivity contribution < 1.29 is 18.3 Å². The topological polar surface area (TPSA) is 26.3 Å². The van der Waals surface area contributed by atoms with Gasteiger partial charge in [0.05, 0.1) is 7.11 Å². The van der Waals surface area contributed by atoms with E-state index in [0.29, 0.717) is 20.5 Å². The minimum Gasteiger partial charge on any atom is -0.465 e.